The molecule has 3 aromatic rings. The molecule has 4 heteroatoms. The van der Waals surface area contributed by atoms with E-state index in [0.29, 0.717) is 17.1 Å². The van der Waals surface area contributed by atoms with Crippen LogP contribution in [0.4, 0.5) is 0 Å². The van der Waals surface area contributed by atoms with Crippen molar-refractivity contribution in [1.29, 1.82) is 0 Å². The Morgan fingerprint density at radius 3 is 2.68 bits per heavy atom. The number of halogens is 1. The van der Waals surface area contributed by atoms with E-state index in [1.807, 2.05) is 30.5 Å². The van der Waals surface area contributed by atoms with E-state index in [9.17, 15) is 4.79 Å². The summed E-state index contributed by atoms with van der Waals surface area (Å²) in [7, 11) is 1.81. The minimum Gasteiger partial charge on any atom is -0.361 e. The number of benzene rings is 2. The van der Waals surface area contributed by atoms with E-state index in [1.54, 1.807) is 24.1 Å². The topological polar surface area (TPSA) is 36.1 Å². The van der Waals surface area contributed by atoms with Gasteiger partial charge in [0.25, 0.3) is 5.91 Å². The second-order valence-electron chi connectivity index (χ2n) is 5.32. The second kappa shape index (κ2) is 6.24. The molecule has 22 heavy (non-hydrogen) atoms. The molecule has 0 spiro atoms. The highest BCUT2D eigenvalue weighted by atomic mass is 35.5. The van der Waals surface area contributed by atoms with E-state index in [-0.39, 0.29) is 5.91 Å². The molecule has 1 N–H and O–H groups in total. The fourth-order valence-corrected chi connectivity index (χ4v) is 2.78. The molecule has 0 atom stereocenters. The van der Waals surface area contributed by atoms with Crippen LogP contribution >= 0.6 is 11.6 Å². The van der Waals surface area contributed by atoms with Crippen molar-refractivity contribution in [2.24, 2.45) is 0 Å². The zero-order valence-corrected chi connectivity index (χ0v) is 13.1. The summed E-state index contributed by atoms with van der Waals surface area (Å²) in [6.07, 6.45) is 2.81. The summed E-state index contributed by atoms with van der Waals surface area (Å²) in [5.74, 6) is -0.0505. The molecule has 3 nitrogen and oxygen atoms in total. The molecule has 0 saturated heterocycles. The largest absolute Gasteiger partial charge is 0.361 e. The van der Waals surface area contributed by atoms with Crippen LogP contribution in [-0.4, -0.2) is 29.4 Å². The van der Waals surface area contributed by atoms with Gasteiger partial charge < -0.3 is 9.88 Å². The highest BCUT2D eigenvalue weighted by Gasteiger charge is 2.15. The maximum atomic E-state index is 12.4. The van der Waals surface area contributed by atoms with Crippen molar-refractivity contribution >= 4 is 28.4 Å². The Morgan fingerprint density at radius 1 is 1.14 bits per heavy atom. The highest BCUT2D eigenvalue weighted by Crippen LogP contribution is 2.19. The Balaban J connectivity index is 1.71. The molecule has 1 heterocycles. The molecule has 0 unspecified atom stereocenters. The first kappa shape index (κ1) is 14.7. The lowest BCUT2D eigenvalue weighted by Crippen LogP contribution is -2.29. The van der Waals surface area contributed by atoms with Crippen LogP contribution in [0.25, 0.3) is 10.9 Å². The van der Waals surface area contributed by atoms with Crippen LogP contribution in [0, 0.1) is 0 Å². The third kappa shape index (κ3) is 2.85. The van der Waals surface area contributed by atoms with Crippen LogP contribution in [0.15, 0.2) is 54.7 Å². The quantitative estimate of drug-likeness (QED) is 0.772. The van der Waals surface area contributed by atoms with Crippen molar-refractivity contribution in [3.8, 4) is 0 Å². The number of amides is 1. The van der Waals surface area contributed by atoms with E-state index in [4.69, 9.17) is 11.6 Å². The minimum absolute atomic E-state index is 0.0505. The molecule has 3 rings (SSSR count). The predicted molar refractivity (Wildman–Crippen MR) is 90.4 cm³/mol. The molecule has 0 fully saturated rings. The molecular formula is C18H17ClN2O. The summed E-state index contributed by atoms with van der Waals surface area (Å²) < 4.78 is 0. The van der Waals surface area contributed by atoms with Gasteiger partial charge in [0.15, 0.2) is 0 Å². The molecule has 0 bridgehead atoms. The zero-order valence-electron chi connectivity index (χ0n) is 12.3. The average Bonchev–Trinajstić information content (AvgIpc) is 2.95. The third-order valence-electron chi connectivity index (χ3n) is 3.84. The molecule has 0 radical (unpaired) electrons. The third-order valence-corrected chi connectivity index (χ3v) is 4.17. The van der Waals surface area contributed by atoms with Gasteiger partial charge in [0.05, 0.1) is 10.6 Å². The van der Waals surface area contributed by atoms with Gasteiger partial charge in [-0.3, -0.25) is 4.79 Å². The zero-order chi connectivity index (χ0) is 15.5. The molecule has 0 aliphatic rings. The number of H-pyrrole nitrogens is 1. The van der Waals surface area contributed by atoms with Gasteiger partial charge in [0.1, 0.15) is 0 Å². The lowest BCUT2D eigenvalue weighted by atomic mass is 10.1. The number of likely N-dealkylation sites (N-methyl/N-ethyl adjacent to an activating group) is 1. The number of carbonyl (C=O) groups is 1. The molecule has 0 aliphatic heterocycles. The summed E-state index contributed by atoms with van der Waals surface area (Å²) >= 11 is 6.09. The Kier molecular flexibility index (Phi) is 4.16. The first-order chi connectivity index (χ1) is 10.7. The first-order valence-corrected chi connectivity index (χ1v) is 7.59. The maximum absolute atomic E-state index is 12.4. The van der Waals surface area contributed by atoms with Crippen LogP contribution in [0.3, 0.4) is 0 Å². The van der Waals surface area contributed by atoms with Crippen molar-refractivity contribution in [3.05, 3.63) is 70.9 Å². The molecular weight excluding hydrogens is 296 g/mol. The maximum Gasteiger partial charge on any atom is 0.255 e. The number of nitrogens with zero attached hydrogens (tertiary/aromatic N) is 1. The van der Waals surface area contributed by atoms with Gasteiger partial charge in [0, 0.05) is 30.7 Å². The summed E-state index contributed by atoms with van der Waals surface area (Å²) in [5, 5.41) is 1.70. The minimum atomic E-state index is -0.0505. The average molecular weight is 313 g/mol. The van der Waals surface area contributed by atoms with E-state index in [2.05, 4.69) is 17.1 Å². The van der Waals surface area contributed by atoms with E-state index in [1.165, 1.54) is 10.9 Å². The van der Waals surface area contributed by atoms with Gasteiger partial charge in [-0.15, -0.1) is 0 Å². The number of hydrogen-bond acceptors (Lipinski definition) is 1. The van der Waals surface area contributed by atoms with E-state index < -0.39 is 0 Å². The Hall–Kier alpha value is -2.26. The molecule has 1 amide bonds. The van der Waals surface area contributed by atoms with Crippen molar-refractivity contribution in [2.75, 3.05) is 13.6 Å². The lowest BCUT2D eigenvalue weighted by molar-refractivity contribution is 0.0797. The van der Waals surface area contributed by atoms with Crippen LogP contribution in [-0.2, 0) is 6.42 Å². The highest BCUT2D eigenvalue weighted by molar-refractivity contribution is 6.33. The van der Waals surface area contributed by atoms with Crippen LogP contribution in [0.1, 0.15) is 15.9 Å². The number of hydrogen-bond donors (Lipinski definition) is 1. The smallest absolute Gasteiger partial charge is 0.255 e. The normalized spacial score (nSPS) is 10.8. The van der Waals surface area contributed by atoms with Gasteiger partial charge in [-0.2, -0.15) is 0 Å². The fraction of sp³-hybridized carbons (Fsp3) is 0.167. The molecule has 112 valence electrons. The van der Waals surface area contributed by atoms with Crippen LogP contribution < -0.4 is 0 Å². The van der Waals surface area contributed by atoms with Gasteiger partial charge in [-0.25, -0.2) is 0 Å². The first-order valence-electron chi connectivity index (χ1n) is 7.22. The van der Waals surface area contributed by atoms with Crippen molar-refractivity contribution < 1.29 is 4.79 Å². The Bertz CT molecular complexity index is 809. The standard InChI is InChI=1S/C18H17ClN2O/c1-21(18(22)15-7-2-4-8-16(15)19)11-10-13-12-20-17-9-5-3-6-14(13)17/h2-9,12,20H,10-11H2,1H3. The van der Waals surface area contributed by atoms with Gasteiger partial charge in [-0.1, -0.05) is 41.9 Å². The summed E-state index contributed by atoms with van der Waals surface area (Å²) in [6.45, 7) is 0.645. The number of aromatic nitrogens is 1. The number of nitrogens with one attached hydrogen (secondary N) is 1. The SMILES string of the molecule is CN(CCc1c[nH]c2ccccc12)C(=O)c1ccccc1Cl. The van der Waals surface area contributed by atoms with E-state index >= 15 is 0 Å². The van der Waals surface area contributed by atoms with Crippen molar-refractivity contribution in [2.45, 2.75) is 6.42 Å². The number of aromatic amines is 1. The van der Waals surface area contributed by atoms with Gasteiger partial charge in [-0.05, 0) is 30.2 Å². The Morgan fingerprint density at radius 2 is 1.86 bits per heavy atom. The van der Waals surface area contributed by atoms with Crippen molar-refractivity contribution in [3.63, 3.8) is 0 Å². The predicted octanol–water partition coefficient (Wildman–Crippen LogP) is 4.14. The van der Waals surface area contributed by atoms with Crippen molar-refractivity contribution in [1.82, 2.24) is 9.88 Å². The lowest BCUT2D eigenvalue weighted by Gasteiger charge is -2.17. The summed E-state index contributed by atoms with van der Waals surface area (Å²) in [4.78, 5) is 17.4. The summed E-state index contributed by atoms with van der Waals surface area (Å²) in [5.41, 5.74) is 2.89. The second-order valence-corrected chi connectivity index (χ2v) is 5.72. The number of fused-ring (bicyclic) bond motifs is 1. The fourth-order valence-electron chi connectivity index (χ4n) is 2.57. The summed E-state index contributed by atoms with van der Waals surface area (Å²) in [6, 6.07) is 15.3. The molecule has 0 saturated carbocycles. The number of para-hydroxylation sites is 1. The van der Waals surface area contributed by atoms with Gasteiger partial charge >= 0.3 is 0 Å². The molecule has 2 aromatic carbocycles. The van der Waals surface area contributed by atoms with Crippen LogP contribution in [0.5, 0.6) is 0 Å². The van der Waals surface area contributed by atoms with E-state index in [0.717, 1.165) is 11.9 Å². The Labute approximate surface area is 134 Å². The number of rotatable bonds is 4. The monoisotopic (exact) mass is 312 g/mol. The molecule has 1 aromatic heterocycles. The number of carbonyl (C=O) groups excluding carboxylic acids is 1. The molecule has 0 aliphatic carbocycles. The van der Waals surface area contributed by atoms with Crippen LogP contribution in [0.2, 0.25) is 5.02 Å². The van der Waals surface area contributed by atoms with Gasteiger partial charge in [0.2, 0.25) is 0 Å².